The number of benzene rings is 3. The van der Waals surface area contributed by atoms with Crippen molar-refractivity contribution in [1.82, 2.24) is 0 Å². The maximum absolute atomic E-state index is 13.4. The van der Waals surface area contributed by atoms with Crippen LogP contribution < -0.4 is 20.1 Å². The van der Waals surface area contributed by atoms with Gasteiger partial charge in [0.2, 0.25) is 11.8 Å². The summed E-state index contributed by atoms with van der Waals surface area (Å²) in [7, 11) is 3.13. The molecule has 6 nitrogen and oxygen atoms in total. The van der Waals surface area contributed by atoms with Crippen LogP contribution in [0.4, 0.5) is 11.4 Å². The van der Waals surface area contributed by atoms with Crippen molar-refractivity contribution in [3.63, 3.8) is 0 Å². The molecular formula is C26H26N2O4S. The molecule has 0 radical (unpaired) electrons. The molecule has 0 aromatic heterocycles. The van der Waals surface area contributed by atoms with Crippen LogP contribution in [0, 0.1) is 5.92 Å². The predicted molar refractivity (Wildman–Crippen MR) is 131 cm³/mol. The number of thioether (sulfide) groups is 1. The highest BCUT2D eigenvalue weighted by Crippen LogP contribution is 2.38. The van der Waals surface area contributed by atoms with Crippen molar-refractivity contribution in [3.8, 4) is 11.5 Å². The summed E-state index contributed by atoms with van der Waals surface area (Å²) in [6.07, 6.45) is 1.93. The van der Waals surface area contributed by atoms with Gasteiger partial charge in [-0.25, -0.2) is 0 Å². The average molecular weight is 463 g/mol. The van der Waals surface area contributed by atoms with Crippen LogP contribution in [0.2, 0.25) is 0 Å². The molecular weight excluding hydrogens is 436 g/mol. The molecule has 1 unspecified atom stereocenters. The predicted octanol–water partition coefficient (Wildman–Crippen LogP) is 5.52. The Morgan fingerprint density at radius 3 is 2.27 bits per heavy atom. The quantitative estimate of drug-likeness (QED) is 0.409. The average Bonchev–Trinajstić information content (AvgIpc) is 3.70. The van der Waals surface area contributed by atoms with E-state index in [4.69, 9.17) is 9.47 Å². The van der Waals surface area contributed by atoms with Crippen LogP contribution in [0.5, 0.6) is 11.5 Å². The third-order valence-electron chi connectivity index (χ3n) is 5.33. The second-order valence-electron chi connectivity index (χ2n) is 7.75. The first-order valence-electron chi connectivity index (χ1n) is 10.7. The highest BCUT2D eigenvalue weighted by Gasteiger charge is 2.29. The monoisotopic (exact) mass is 462 g/mol. The summed E-state index contributed by atoms with van der Waals surface area (Å²) in [5.41, 5.74) is 2.22. The highest BCUT2D eigenvalue weighted by molar-refractivity contribution is 8.00. The van der Waals surface area contributed by atoms with Crippen LogP contribution in [-0.2, 0) is 9.59 Å². The number of hydrogen-bond acceptors (Lipinski definition) is 5. The largest absolute Gasteiger partial charge is 0.497 e. The van der Waals surface area contributed by atoms with Gasteiger partial charge < -0.3 is 20.1 Å². The molecule has 0 saturated heterocycles. The lowest BCUT2D eigenvalue weighted by molar-refractivity contribution is -0.117. The standard InChI is InChI=1S/C26H26N2O4S/c1-31-20-12-15-22(23(16-20)32-2)28-26(30)24(17-6-4-3-5-7-17)33-21-13-10-19(11-14-21)27-25(29)18-8-9-18/h3-7,10-16,18,24H,8-9H2,1-2H3,(H,27,29)(H,28,30). The van der Waals surface area contributed by atoms with Gasteiger partial charge in [-0.1, -0.05) is 30.3 Å². The van der Waals surface area contributed by atoms with E-state index in [9.17, 15) is 9.59 Å². The van der Waals surface area contributed by atoms with Crippen LogP contribution in [-0.4, -0.2) is 26.0 Å². The Morgan fingerprint density at radius 2 is 1.64 bits per heavy atom. The molecule has 4 rings (SSSR count). The van der Waals surface area contributed by atoms with E-state index in [1.54, 1.807) is 32.4 Å². The number of ether oxygens (including phenoxy) is 2. The van der Waals surface area contributed by atoms with Gasteiger partial charge in [-0.2, -0.15) is 0 Å². The number of nitrogens with one attached hydrogen (secondary N) is 2. The molecule has 0 aliphatic heterocycles. The molecule has 1 atom stereocenters. The molecule has 0 heterocycles. The molecule has 33 heavy (non-hydrogen) atoms. The highest BCUT2D eigenvalue weighted by atomic mass is 32.2. The van der Waals surface area contributed by atoms with E-state index in [1.807, 2.05) is 54.6 Å². The lowest BCUT2D eigenvalue weighted by Gasteiger charge is -2.19. The molecule has 2 amide bonds. The van der Waals surface area contributed by atoms with Crippen molar-refractivity contribution in [3.05, 3.63) is 78.4 Å². The topological polar surface area (TPSA) is 76.7 Å². The Balaban J connectivity index is 1.52. The summed E-state index contributed by atoms with van der Waals surface area (Å²) in [4.78, 5) is 26.3. The molecule has 3 aromatic carbocycles. The number of amides is 2. The van der Waals surface area contributed by atoms with Gasteiger partial charge in [0.1, 0.15) is 16.7 Å². The second kappa shape index (κ2) is 10.4. The minimum Gasteiger partial charge on any atom is -0.497 e. The van der Waals surface area contributed by atoms with Crippen molar-refractivity contribution in [1.29, 1.82) is 0 Å². The first-order valence-corrected chi connectivity index (χ1v) is 11.6. The van der Waals surface area contributed by atoms with Crippen molar-refractivity contribution < 1.29 is 19.1 Å². The molecule has 0 bridgehead atoms. The SMILES string of the molecule is COc1ccc(NC(=O)C(Sc2ccc(NC(=O)C3CC3)cc2)c2ccccc2)c(OC)c1. The van der Waals surface area contributed by atoms with Crippen LogP contribution in [0.25, 0.3) is 0 Å². The smallest absolute Gasteiger partial charge is 0.242 e. The van der Waals surface area contributed by atoms with Gasteiger partial charge in [0.25, 0.3) is 0 Å². The fourth-order valence-corrected chi connectivity index (χ4v) is 4.37. The van der Waals surface area contributed by atoms with Crippen LogP contribution in [0.1, 0.15) is 23.7 Å². The Bertz CT molecular complexity index is 1110. The van der Waals surface area contributed by atoms with E-state index in [0.29, 0.717) is 17.2 Å². The Hall–Kier alpha value is -3.45. The number of anilines is 2. The molecule has 1 saturated carbocycles. The van der Waals surface area contributed by atoms with Gasteiger partial charge in [0.15, 0.2) is 0 Å². The van der Waals surface area contributed by atoms with Gasteiger partial charge in [-0.3, -0.25) is 9.59 Å². The second-order valence-corrected chi connectivity index (χ2v) is 8.93. The van der Waals surface area contributed by atoms with E-state index in [1.165, 1.54) is 11.8 Å². The minimum atomic E-state index is -0.482. The molecule has 170 valence electrons. The fourth-order valence-electron chi connectivity index (χ4n) is 3.34. The summed E-state index contributed by atoms with van der Waals surface area (Å²) in [5, 5.41) is 5.45. The summed E-state index contributed by atoms with van der Waals surface area (Å²) in [6.45, 7) is 0. The molecule has 0 spiro atoms. The van der Waals surface area contributed by atoms with Gasteiger partial charge in [-0.05, 0) is 54.8 Å². The normalized spacial score (nSPS) is 13.6. The molecule has 3 aromatic rings. The van der Waals surface area contributed by atoms with Crippen LogP contribution >= 0.6 is 11.8 Å². The van der Waals surface area contributed by atoms with Gasteiger partial charge in [-0.15, -0.1) is 11.8 Å². The Morgan fingerprint density at radius 1 is 0.909 bits per heavy atom. The van der Waals surface area contributed by atoms with Gasteiger partial charge >= 0.3 is 0 Å². The lowest BCUT2D eigenvalue weighted by Crippen LogP contribution is -2.19. The van der Waals surface area contributed by atoms with Crippen molar-refractivity contribution >= 4 is 35.0 Å². The lowest BCUT2D eigenvalue weighted by atomic mass is 10.1. The molecule has 2 N–H and O–H groups in total. The Labute approximate surface area is 197 Å². The zero-order valence-electron chi connectivity index (χ0n) is 18.5. The minimum absolute atomic E-state index is 0.0744. The van der Waals surface area contributed by atoms with E-state index < -0.39 is 5.25 Å². The Kier molecular flexibility index (Phi) is 7.19. The summed E-state index contributed by atoms with van der Waals surface area (Å²) in [6, 6.07) is 22.5. The van der Waals surface area contributed by atoms with Crippen LogP contribution in [0.15, 0.2) is 77.7 Å². The van der Waals surface area contributed by atoms with E-state index in [0.717, 1.165) is 29.0 Å². The molecule has 1 aliphatic carbocycles. The summed E-state index contributed by atoms with van der Waals surface area (Å²) < 4.78 is 10.7. The van der Waals surface area contributed by atoms with Crippen molar-refractivity contribution in [2.45, 2.75) is 23.0 Å². The zero-order chi connectivity index (χ0) is 23.2. The van der Waals surface area contributed by atoms with Gasteiger partial charge in [0.05, 0.1) is 19.9 Å². The number of rotatable bonds is 9. The van der Waals surface area contributed by atoms with E-state index in [2.05, 4.69) is 10.6 Å². The number of carbonyl (C=O) groups excluding carboxylic acids is 2. The third kappa shape index (κ3) is 5.87. The van der Waals surface area contributed by atoms with Crippen molar-refractivity contribution in [2.75, 3.05) is 24.9 Å². The number of hydrogen-bond donors (Lipinski definition) is 2. The van der Waals surface area contributed by atoms with E-state index >= 15 is 0 Å². The maximum atomic E-state index is 13.4. The number of carbonyl (C=O) groups is 2. The maximum Gasteiger partial charge on any atom is 0.242 e. The molecule has 1 aliphatic rings. The molecule has 1 fully saturated rings. The van der Waals surface area contributed by atoms with Gasteiger partial charge in [0, 0.05) is 22.6 Å². The van der Waals surface area contributed by atoms with Crippen molar-refractivity contribution in [2.24, 2.45) is 5.92 Å². The first-order chi connectivity index (χ1) is 16.1. The first kappa shape index (κ1) is 22.7. The molecule has 7 heteroatoms. The summed E-state index contributed by atoms with van der Waals surface area (Å²) >= 11 is 1.45. The zero-order valence-corrected chi connectivity index (χ0v) is 19.4. The summed E-state index contributed by atoms with van der Waals surface area (Å²) in [5.74, 6) is 1.23. The van der Waals surface area contributed by atoms with Crippen LogP contribution in [0.3, 0.4) is 0 Å². The third-order valence-corrected chi connectivity index (χ3v) is 6.60. The van der Waals surface area contributed by atoms with E-state index in [-0.39, 0.29) is 17.7 Å². The fraction of sp³-hybridized carbons (Fsp3) is 0.231. The number of methoxy groups -OCH3 is 2.